The number of rotatable bonds is 7. The monoisotopic (exact) mass is 415 g/mol. The van der Waals surface area contributed by atoms with Crippen LogP contribution in [0, 0.1) is 6.92 Å². The molecule has 0 aromatic carbocycles. The second-order valence-corrected chi connectivity index (χ2v) is 8.50. The Kier molecular flexibility index (Phi) is 7.27. The second-order valence-electron chi connectivity index (χ2n) is 7.44. The molecule has 1 aliphatic heterocycles. The summed E-state index contributed by atoms with van der Waals surface area (Å²) < 4.78 is 0. The molecule has 0 bridgehead atoms. The highest BCUT2D eigenvalue weighted by atomic mass is 32.1. The van der Waals surface area contributed by atoms with Crippen molar-refractivity contribution in [2.24, 2.45) is 0 Å². The summed E-state index contributed by atoms with van der Waals surface area (Å²) in [6, 6.07) is 1.78. The van der Waals surface area contributed by atoms with E-state index < -0.39 is 0 Å². The van der Waals surface area contributed by atoms with Gasteiger partial charge in [0.25, 0.3) is 0 Å². The Morgan fingerprint density at radius 3 is 2.90 bits per heavy atom. The lowest BCUT2D eigenvalue weighted by Gasteiger charge is -2.34. The molecular weight excluding hydrogens is 386 g/mol. The number of piperidine rings is 1. The molecule has 1 saturated heterocycles. The van der Waals surface area contributed by atoms with Crippen molar-refractivity contribution in [3.05, 3.63) is 34.7 Å². The van der Waals surface area contributed by atoms with E-state index in [-0.39, 0.29) is 11.9 Å². The molecule has 9 heteroatoms. The van der Waals surface area contributed by atoms with Gasteiger partial charge < -0.3 is 15.1 Å². The van der Waals surface area contributed by atoms with Gasteiger partial charge in [-0.15, -0.1) is 10.2 Å². The fourth-order valence-electron chi connectivity index (χ4n) is 3.28. The molecule has 0 spiro atoms. The minimum atomic E-state index is -0.110. The van der Waals surface area contributed by atoms with Crippen LogP contribution in [0.25, 0.3) is 0 Å². The first kappa shape index (κ1) is 21.3. The molecule has 1 N–H and O–H groups in total. The quantitative estimate of drug-likeness (QED) is 0.695. The fourth-order valence-corrected chi connectivity index (χ4v) is 3.97. The molecule has 2 aromatic rings. The number of nitrogens with zero attached hydrogens (tertiary/aromatic N) is 6. The largest absolute Gasteiger partial charge is 0.329 e. The van der Waals surface area contributed by atoms with Crippen LogP contribution in [-0.4, -0.2) is 63.1 Å². The van der Waals surface area contributed by atoms with E-state index in [1.165, 1.54) is 11.3 Å². The Balaban J connectivity index is 1.80. The molecule has 0 radical (unpaired) electrons. The summed E-state index contributed by atoms with van der Waals surface area (Å²) in [6.07, 6.45) is 7.36. The van der Waals surface area contributed by atoms with Crippen molar-refractivity contribution in [1.82, 2.24) is 30.0 Å². The molecule has 1 fully saturated rings. The average molecular weight is 416 g/mol. The van der Waals surface area contributed by atoms with Crippen molar-refractivity contribution in [3.8, 4) is 0 Å². The summed E-state index contributed by atoms with van der Waals surface area (Å²) >= 11 is 1.52. The smallest absolute Gasteiger partial charge is 0.246 e. The molecule has 0 saturated carbocycles. The summed E-state index contributed by atoms with van der Waals surface area (Å²) in [4.78, 5) is 26.1. The second kappa shape index (κ2) is 9.89. The molecule has 0 unspecified atom stereocenters. The number of likely N-dealkylation sites (N-methyl/N-ethyl adjacent to an activating group) is 1. The Morgan fingerprint density at radius 2 is 2.17 bits per heavy atom. The van der Waals surface area contributed by atoms with Crippen LogP contribution in [-0.2, 0) is 11.2 Å². The molecule has 156 valence electrons. The highest BCUT2D eigenvalue weighted by Crippen LogP contribution is 2.30. The molecule has 1 atom stereocenters. The van der Waals surface area contributed by atoms with E-state index in [4.69, 9.17) is 4.98 Å². The van der Waals surface area contributed by atoms with Gasteiger partial charge in [-0.25, -0.2) is 9.97 Å². The number of nitrogens with one attached hydrogen (secondary N) is 1. The van der Waals surface area contributed by atoms with Crippen LogP contribution in [0.1, 0.15) is 48.8 Å². The summed E-state index contributed by atoms with van der Waals surface area (Å²) in [5.74, 6) is 1.39. The zero-order chi connectivity index (χ0) is 20.8. The lowest BCUT2D eigenvalue weighted by Crippen LogP contribution is -2.38. The zero-order valence-corrected chi connectivity index (χ0v) is 18.4. The van der Waals surface area contributed by atoms with E-state index in [0.717, 1.165) is 49.5 Å². The molecule has 3 rings (SSSR count). The van der Waals surface area contributed by atoms with Crippen LogP contribution in [0.4, 0.5) is 10.9 Å². The van der Waals surface area contributed by atoms with Crippen molar-refractivity contribution < 1.29 is 4.79 Å². The van der Waals surface area contributed by atoms with Gasteiger partial charge in [0.1, 0.15) is 10.8 Å². The summed E-state index contributed by atoms with van der Waals surface area (Å²) in [5.41, 5.74) is 0.860. The molecule has 29 heavy (non-hydrogen) atoms. The molecule has 3 heterocycles. The van der Waals surface area contributed by atoms with Crippen molar-refractivity contribution in [1.29, 1.82) is 0 Å². The Labute approximate surface area is 176 Å². The van der Waals surface area contributed by atoms with Gasteiger partial charge in [-0.05, 0) is 46.7 Å². The number of amides is 1. The van der Waals surface area contributed by atoms with Gasteiger partial charge >= 0.3 is 0 Å². The minimum absolute atomic E-state index is 0.0212. The number of anilines is 2. The first-order valence-corrected chi connectivity index (χ1v) is 10.8. The van der Waals surface area contributed by atoms with Crippen molar-refractivity contribution in [2.45, 2.75) is 45.6 Å². The van der Waals surface area contributed by atoms with E-state index in [9.17, 15) is 4.79 Å². The summed E-state index contributed by atoms with van der Waals surface area (Å²) in [7, 11) is 3.96. The van der Waals surface area contributed by atoms with Crippen molar-refractivity contribution in [2.75, 3.05) is 32.5 Å². The van der Waals surface area contributed by atoms with Gasteiger partial charge in [-0.1, -0.05) is 24.3 Å². The van der Waals surface area contributed by atoms with Crippen molar-refractivity contribution in [3.63, 3.8) is 0 Å². The number of carbonyl (C=O) groups is 1. The van der Waals surface area contributed by atoms with Gasteiger partial charge in [-0.2, -0.15) is 0 Å². The third kappa shape index (κ3) is 5.80. The summed E-state index contributed by atoms with van der Waals surface area (Å²) in [6.45, 7) is 5.46. The van der Waals surface area contributed by atoms with Gasteiger partial charge in [0, 0.05) is 30.9 Å². The van der Waals surface area contributed by atoms with E-state index >= 15 is 0 Å². The predicted molar refractivity (Wildman–Crippen MR) is 115 cm³/mol. The normalized spacial score (nSPS) is 17.3. The number of likely N-dealkylation sites (tertiary alicyclic amines) is 1. The predicted octanol–water partition coefficient (Wildman–Crippen LogP) is 3.11. The number of hydrogen-bond donors (Lipinski definition) is 1. The maximum atomic E-state index is 12.8. The lowest BCUT2D eigenvalue weighted by molar-refractivity contribution is -0.129. The molecule has 0 aliphatic carbocycles. The Hall–Kier alpha value is -2.39. The van der Waals surface area contributed by atoms with Gasteiger partial charge in [-0.3, -0.25) is 4.79 Å². The third-order valence-electron chi connectivity index (χ3n) is 4.69. The fraction of sp³-hybridized carbons (Fsp3) is 0.550. The van der Waals surface area contributed by atoms with Gasteiger partial charge in [0.15, 0.2) is 5.82 Å². The first-order valence-electron chi connectivity index (χ1n) is 10.0. The van der Waals surface area contributed by atoms with Crippen molar-refractivity contribution >= 4 is 28.2 Å². The SMILES string of the molecule is CCc1nnc(Nc2cc(C)nc([C@@H]3CCCCN3C(=O)/C=C/CN(C)C)n2)s1. The van der Waals surface area contributed by atoms with E-state index in [0.29, 0.717) is 16.8 Å². The van der Waals surface area contributed by atoms with Gasteiger partial charge in [0.05, 0.1) is 6.04 Å². The van der Waals surface area contributed by atoms with Gasteiger partial charge in [0.2, 0.25) is 11.0 Å². The molecule has 1 amide bonds. The van der Waals surface area contributed by atoms with Crippen LogP contribution in [0.5, 0.6) is 0 Å². The first-order chi connectivity index (χ1) is 14.0. The van der Waals surface area contributed by atoms with Crippen LogP contribution < -0.4 is 5.32 Å². The topological polar surface area (TPSA) is 87.1 Å². The Bertz CT molecular complexity index is 864. The highest BCUT2D eigenvalue weighted by Gasteiger charge is 2.29. The summed E-state index contributed by atoms with van der Waals surface area (Å²) in [5, 5.41) is 13.2. The molecule has 1 aliphatic rings. The van der Waals surface area contributed by atoms with E-state index in [1.807, 2.05) is 43.0 Å². The lowest BCUT2D eigenvalue weighted by atomic mass is 10.0. The maximum Gasteiger partial charge on any atom is 0.246 e. The number of aromatic nitrogens is 4. The highest BCUT2D eigenvalue weighted by molar-refractivity contribution is 7.15. The van der Waals surface area contributed by atoms with E-state index in [2.05, 4.69) is 27.4 Å². The minimum Gasteiger partial charge on any atom is -0.329 e. The number of hydrogen-bond acceptors (Lipinski definition) is 8. The molecular formula is C20H29N7OS. The van der Waals surface area contributed by atoms with Crippen LogP contribution in [0.3, 0.4) is 0 Å². The zero-order valence-electron chi connectivity index (χ0n) is 17.6. The number of carbonyl (C=O) groups excluding carboxylic acids is 1. The van der Waals surface area contributed by atoms with E-state index in [1.54, 1.807) is 6.08 Å². The van der Waals surface area contributed by atoms with Crippen LogP contribution >= 0.6 is 11.3 Å². The Morgan fingerprint density at radius 1 is 1.34 bits per heavy atom. The molecule has 2 aromatic heterocycles. The third-order valence-corrected chi connectivity index (χ3v) is 5.67. The standard InChI is InChI=1S/C20H29N7OS/c1-5-17-24-25-20(29-17)23-16-13-14(2)21-19(22-16)15-9-6-7-12-27(15)18(28)10-8-11-26(3)4/h8,10,13,15H,5-7,9,11-12H2,1-4H3,(H,21,22,23,25)/b10-8+/t15-/m0/s1. The average Bonchev–Trinajstić information content (AvgIpc) is 3.14. The van der Waals surface area contributed by atoms with Crippen LogP contribution in [0.2, 0.25) is 0 Å². The molecule has 8 nitrogen and oxygen atoms in total. The number of aryl methyl sites for hydroxylation is 2. The van der Waals surface area contributed by atoms with Crippen LogP contribution in [0.15, 0.2) is 18.2 Å². The maximum absolute atomic E-state index is 12.8.